The quantitative estimate of drug-likeness (QED) is 0.461. The molecule has 2 aliphatic heterocycles. The van der Waals surface area contributed by atoms with E-state index in [-0.39, 0.29) is 32.3 Å². The Kier molecular flexibility index (Phi) is 5.03. The Labute approximate surface area is 143 Å². The first-order valence-corrected chi connectivity index (χ1v) is 7.96. The molecule has 9 heteroatoms. The normalized spacial score (nSPS) is 18.4. The highest BCUT2D eigenvalue weighted by molar-refractivity contribution is 6.05. The fourth-order valence-electron chi connectivity index (χ4n) is 2.65. The van der Waals surface area contributed by atoms with E-state index in [0.29, 0.717) is 24.5 Å². The molecule has 2 heterocycles. The van der Waals surface area contributed by atoms with Crippen LogP contribution in [0, 0.1) is 0 Å². The molecule has 0 radical (unpaired) electrons. The fraction of sp³-hybridized carbons (Fsp3) is 0.438. The van der Waals surface area contributed by atoms with Gasteiger partial charge in [-0.1, -0.05) is 6.07 Å². The summed E-state index contributed by atoms with van der Waals surface area (Å²) in [4.78, 5) is 37.3. The Balaban J connectivity index is 1.58. The third kappa shape index (κ3) is 3.82. The van der Waals surface area contributed by atoms with Crippen molar-refractivity contribution in [1.82, 2.24) is 15.5 Å². The molecule has 0 aromatic heterocycles. The van der Waals surface area contributed by atoms with Crippen molar-refractivity contribution >= 4 is 17.8 Å². The van der Waals surface area contributed by atoms with Crippen LogP contribution in [0.25, 0.3) is 0 Å². The van der Waals surface area contributed by atoms with E-state index in [1.54, 1.807) is 18.2 Å². The van der Waals surface area contributed by atoms with Gasteiger partial charge in [0, 0.05) is 13.2 Å². The molecule has 0 aliphatic carbocycles. The molecule has 9 nitrogen and oxygen atoms in total. The Morgan fingerprint density at radius 1 is 1.32 bits per heavy atom. The Morgan fingerprint density at radius 2 is 2.12 bits per heavy atom. The maximum absolute atomic E-state index is 12.4. The second-order valence-corrected chi connectivity index (χ2v) is 5.75. The predicted octanol–water partition coefficient (Wildman–Crippen LogP) is -0.276. The lowest BCUT2D eigenvalue weighted by molar-refractivity contribution is -0.131. The number of hydrogen-bond donors (Lipinski definition) is 3. The van der Waals surface area contributed by atoms with E-state index in [4.69, 9.17) is 14.6 Å². The summed E-state index contributed by atoms with van der Waals surface area (Å²) in [6.45, 7) is 0.535. The topological polar surface area (TPSA) is 117 Å². The number of carbonyl (C=O) groups excluding carboxylic acids is 3. The monoisotopic (exact) mass is 349 g/mol. The average molecular weight is 349 g/mol. The second kappa shape index (κ2) is 7.39. The molecule has 1 aromatic carbocycles. The molecule has 0 unspecified atom stereocenters. The summed E-state index contributed by atoms with van der Waals surface area (Å²) in [5, 5.41) is 13.8. The van der Waals surface area contributed by atoms with Gasteiger partial charge in [-0.15, -0.1) is 0 Å². The van der Waals surface area contributed by atoms with Crippen LogP contribution in [-0.2, 0) is 16.1 Å². The van der Waals surface area contributed by atoms with E-state index in [9.17, 15) is 14.4 Å². The van der Waals surface area contributed by atoms with Crippen LogP contribution in [0.3, 0.4) is 0 Å². The Hall–Kier alpha value is -2.81. The van der Waals surface area contributed by atoms with Crippen molar-refractivity contribution in [2.24, 2.45) is 0 Å². The third-order valence-corrected chi connectivity index (χ3v) is 3.93. The summed E-state index contributed by atoms with van der Waals surface area (Å²) < 4.78 is 10.5. The molecule has 0 spiro atoms. The van der Waals surface area contributed by atoms with Crippen molar-refractivity contribution in [1.29, 1.82) is 0 Å². The summed E-state index contributed by atoms with van der Waals surface area (Å²) in [6, 6.07) is 3.79. The SMILES string of the molecule is O=C(C[C@@H]1NC(=O)N(Cc2ccc3c(c2)OCO3)C1=O)NCCCO. The van der Waals surface area contributed by atoms with Crippen molar-refractivity contribution in [2.45, 2.75) is 25.4 Å². The van der Waals surface area contributed by atoms with Crippen LogP contribution < -0.4 is 20.1 Å². The number of nitrogens with one attached hydrogen (secondary N) is 2. The number of amides is 4. The van der Waals surface area contributed by atoms with Gasteiger partial charge >= 0.3 is 6.03 Å². The standard InChI is InChI=1S/C16H19N3O6/c20-5-1-4-17-14(21)7-11-15(22)19(16(23)18-11)8-10-2-3-12-13(6-10)25-9-24-12/h2-3,6,11,20H,1,4-5,7-9H2,(H,17,21)(H,18,23)/t11-/m0/s1. The van der Waals surface area contributed by atoms with Gasteiger partial charge in [0.05, 0.1) is 13.0 Å². The molecule has 1 atom stereocenters. The van der Waals surface area contributed by atoms with E-state index in [2.05, 4.69) is 10.6 Å². The largest absolute Gasteiger partial charge is 0.454 e. The van der Waals surface area contributed by atoms with Crippen LogP contribution >= 0.6 is 0 Å². The zero-order chi connectivity index (χ0) is 17.8. The van der Waals surface area contributed by atoms with Crippen molar-refractivity contribution in [3.63, 3.8) is 0 Å². The van der Waals surface area contributed by atoms with Gasteiger partial charge in [0.15, 0.2) is 11.5 Å². The molecular formula is C16H19N3O6. The Bertz CT molecular complexity index is 692. The lowest BCUT2D eigenvalue weighted by Crippen LogP contribution is -2.36. The van der Waals surface area contributed by atoms with E-state index in [1.165, 1.54) is 0 Å². The first-order chi connectivity index (χ1) is 12.1. The number of ether oxygens (including phenoxy) is 2. The molecule has 2 aliphatic rings. The van der Waals surface area contributed by atoms with Crippen LogP contribution in [0.15, 0.2) is 18.2 Å². The van der Waals surface area contributed by atoms with Crippen LogP contribution in [0.2, 0.25) is 0 Å². The first kappa shape index (κ1) is 17.0. The third-order valence-electron chi connectivity index (χ3n) is 3.93. The number of benzene rings is 1. The molecule has 0 saturated carbocycles. The minimum atomic E-state index is -0.879. The van der Waals surface area contributed by atoms with E-state index in [1.807, 2.05) is 0 Å². The van der Waals surface area contributed by atoms with Crippen molar-refractivity contribution in [3.05, 3.63) is 23.8 Å². The zero-order valence-corrected chi connectivity index (χ0v) is 13.5. The van der Waals surface area contributed by atoms with Gasteiger partial charge in [-0.2, -0.15) is 0 Å². The van der Waals surface area contributed by atoms with E-state index < -0.39 is 18.0 Å². The van der Waals surface area contributed by atoms with E-state index in [0.717, 1.165) is 10.5 Å². The highest BCUT2D eigenvalue weighted by Crippen LogP contribution is 2.33. The second-order valence-electron chi connectivity index (χ2n) is 5.75. The van der Waals surface area contributed by atoms with Gasteiger partial charge in [0.25, 0.3) is 5.91 Å². The molecule has 1 saturated heterocycles. The number of aliphatic hydroxyl groups excluding tert-OH is 1. The number of hydrogen-bond acceptors (Lipinski definition) is 6. The summed E-state index contributed by atoms with van der Waals surface area (Å²) in [7, 11) is 0. The van der Waals surface area contributed by atoms with Gasteiger partial charge in [0.2, 0.25) is 12.7 Å². The maximum Gasteiger partial charge on any atom is 0.325 e. The minimum absolute atomic E-state index is 0.0251. The molecule has 1 aromatic rings. The number of rotatable bonds is 7. The molecule has 1 fully saturated rings. The van der Waals surface area contributed by atoms with Crippen molar-refractivity contribution in [2.75, 3.05) is 19.9 Å². The Morgan fingerprint density at radius 3 is 2.92 bits per heavy atom. The number of carbonyl (C=O) groups is 3. The predicted molar refractivity (Wildman–Crippen MR) is 84.8 cm³/mol. The number of nitrogens with zero attached hydrogens (tertiary/aromatic N) is 1. The first-order valence-electron chi connectivity index (χ1n) is 7.96. The van der Waals surface area contributed by atoms with Gasteiger partial charge in [0.1, 0.15) is 6.04 Å². The fourth-order valence-corrected chi connectivity index (χ4v) is 2.65. The highest BCUT2D eigenvalue weighted by Gasteiger charge is 2.39. The molecule has 3 N–H and O–H groups in total. The molecule has 25 heavy (non-hydrogen) atoms. The van der Waals surface area contributed by atoms with Crippen LogP contribution in [-0.4, -0.2) is 53.8 Å². The number of urea groups is 1. The van der Waals surface area contributed by atoms with Crippen LogP contribution in [0.5, 0.6) is 11.5 Å². The summed E-state index contributed by atoms with van der Waals surface area (Å²) in [6.07, 6.45) is 0.306. The molecule has 3 rings (SSSR count). The molecule has 0 bridgehead atoms. The molecule has 4 amide bonds. The summed E-state index contributed by atoms with van der Waals surface area (Å²) in [5.74, 6) is 0.403. The van der Waals surface area contributed by atoms with Gasteiger partial charge < -0.3 is 25.2 Å². The smallest absolute Gasteiger partial charge is 0.325 e. The van der Waals surface area contributed by atoms with E-state index >= 15 is 0 Å². The van der Waals surface area contributed by atoms with Gasteiger partial charge in [-0.3, -0.25) is 14.5 Å². The van der Waals surface area contributed by atoms with Gasteiger partial charge in [-0.05, 0) is 24.1 Å². The van der Waals surface area contributed by atoms with Crippen molar-refractivity contribution < 1.29 is 29.0 Å². The van der Waals surface area contributed by atoms with Crippen molar-refractivity contribution in [3.8, 4) is 11.5 Å². The van der Waals surface area contributed by atoms with Crippen LogP contribution in [0.1, 0.15) is 18.4 Å². The summed E-state index contributed by atoms with van der Waals surface area (Å²) in [5.41, 5.74) is 0.723. The van der Waals surface area contributed by atoms with Crippen LogP contribution in [0.4, 0.5) is 4.79 Å². The molecule has 134 valence electrons. The minimum Gasteiger partial charge on any atom is -0.454 e. The lowest BCUT2D eigenvalue weighted by atomic mass is 10.1. The average Bonchev–Trinajstić information content (AvgIpc) is 3.15. The lowest BCUT2D eigenvalue weighted by Gasteiger charge is -2.13. The number of aliphatic hydroxyl groups is 1. The molecular weight excluding hydrogens is 330 g/mol. The number of fused-ring (bicyclic) bond motifs is 1. The maximum atomic E-state index is 12.4. The summed E-state index contributed by atoms with van der Waals surface area (Å²) >= 11 is 0. The zero-order valence-electron chi connectivity index (χ0n) is 13.5. The highest BCUT2D eigenvalue weighted by atomic mass is 16.7. The number of imide groups is 1. The van der Waals surface area contributed by atoms with Gasteiger partial charge in [-0.25, -0.2) is 4.79 Å².